The molecule has 4 heterocycles. The molecule has 0 spiro atoms. The molecule has 0 bridgehead atoms. The molecule has 0 radical (unpaired) electrons. The van der Waals surface area contributed by atoms with Gasteiger partial charge in [0.2, 0.25) is 11.8 Å². The lowest BCUT2D eigenvalue weighted by molar-refractivity contribution is -0.136. The number of thiazole rings is 1. The van der Waals surface area contributed by atoms with Crippen molar-refractivity contribution >= 4 is 40.8 Å². The minimum Gasteiger partial charge on any atom is -0.322 e. The van der Waals surface area contributed by atoms with E-state index in [-0.39, 0.29) is 24.1 Å². The third-order valence-electron chi connectivity index (χ3n) is 6.32. The fourth-order valence-corrected chi connectivity index (χ4v) is 6.55. The zero-order chi connectivity index (χ0) is 22.1. The van der Waals surface area contributed by atoms with Crippen molar-refractivity contribution in [2.45, 2.75) is 61.9 Å². The van der Waals surface area contributed by atoms with Gasteiger partial charge in [0.05, 0.1) is 11.4 Å². The summed E-state index contributed by atoms with van der Waals surface area (Å²) in [5.41, 5.74) is 2.77. The Hall–Kier alpha value is -2.23. The number of imide groups is 1. The number of amides is 3. The molecule has 3 aliphatic heterocycles. The molecule has 2 saturated heterocycles. The van der Waals surface area contributed by atoms with Crippen LogP contribution in [0.25, 0.3) is 0 Å². The molecule has 1 N–H and O–H groups in total. The van der Waals surface area contributed by atoms with E-state index in [1.165, 1.54) is 19.3 Å². The highest BCUT2D eigenvalue weighted by Crippen LogP contribution is 2.36. The number of carbonyl (C=O) groups excluding carboxylic acids is 3. The molecular weight excluding hydrogens is 444 g/mol. The van der Waals surface area contributed by atoms with E-state index in [9.17, 15) is 14.4 Å². The quantitative estimate of drug-likeness (QED) is 0.516. The van der Waals surface area contributed by atoms with Gasteiger partial charge in [-0.15, -0.1) is 23.1 Å². The Morgan fingerprint density at radius 3 is 2.81 bits per heavy atom. The lowest BCUT2D eigenvalue weighted by Crippen LogP contribution is -2.52. The normalized spacial score (nSPS) is 21.7. The van der Waals surface area contributed by atoms with Gasteiger partial charge in [-0.25, -0.2) is 4.98 Å². The first-order valence-electron chi connectivity index (χ1n) is 11.1. The van der Waals surface area contributed by atoms with E-state index in [0.717, 1.165) is 46.5 Å². The number of thioether (sulfide) groups is 1. The molecule has 3 amide bonds. The minimum atomic E-state index is -0.582. The van der Waals surface area contributed by atoms with Gasteiger partial charge in [0.15, 0.2) is 0 Å². The van der Waals surface area contributed by atoms with Gasteiger partial charge in [0.1, 0.15) is 11.0 Å². The average Bonchev–Trinajstić information content (AvgIpc) is 3.38. The van der Waals surface area contributed by atoms with Gasteiger partial charge < -0.3 is 4.90 Å². The summed E-state index contributed by atoms with van der Waals surface area (Å²) in [4.78, 5) is 46.7. The molecule has 3 aliphatic rings. The van der Waals surface area contributed by atoms with E-state index in [0.29, 0.717) is 18.5 Å². The summed E-state index contributed by atoms with van der Waals surface area (Å²) < 4.78 is 0. The maximum absolute atomic E-state index is 13.0. The van der Waals surface area contributed by atoms with Crippen molar-refractivity contribution in [3.8, 4) is 0 Å². The highest BCUT2D eigenvalue weighted by Gasteiger charge is 2.39. The van der Waals surface area contributed by atoms with E-state index in [1.54, 1.807) is 28.0 Å². The number of hydrogen-bond donors (Lipinski definition) is 1. The lowest BCUT2D eigenvalue weighted by atomic mass is 10.0. The third-order valence-corrected chi connectivity index (χ3v) is 8.52. The molecule has 1 unspecified atom stereocenters. The van der Waals surface area contributed by atoms with Crippen LogP contribution in [-0.4, -0.2) is 51.6 Å². The first kappa shape index (κ1) is 21.6. The number of fused-ring (bicyclic) bond motifs is 1. The first-order chi connectivity index (χ1) is 15.6. The van der Waals surface area contributed by atoms with Crippen LogP contribution >= 0.6 is 23.1 Å². The summed E-state index contributed by atoms with van der Waals surface area (Å²) in [5.74, 6) is -0.0151. The van der Waals surface area contributed by atoms with Crippen molar-refractivity contribution in [3.63, 3.8) is 0 Å². The summed E-state index contributed by atoms with van der Waals surface area (Å²) in [6.07, 6.45) is 4.54. The Balaban J connectivity index is 1.24. The highest BCUT2D eigenvalue weighted by atomic mass is 32.2. The Morgan fingerprint density at radius 2 is 2.00 bits per heavy atom. The summed E-state index contributed by atoms with van der Waals surface area (Å²) in [6, 6.07) is 5.18. The number of nitrogens with zero attached hydrogens (tertiary/aromatic N) is 3. The number of likely N-dealkylation sites (tertiary alicyclic amines) is 1. The molecule has 7 nitrogen and oxygen atoms in total. The molecule has 2 fully saturated rings. The van der Waals surface area contributed by atoms with Crippen molar-refractivity contribution in [1.82, 2.24) is 20.1 Å². The molecule has 0 aliphatic carbocycles. The molecule has 1 aromatic heterocycles. The molecule has 0 saturated carbocycles. The van der Waals surface area contributed by atoms with Crippen LogP contribution in [0.2, 0.25) is 0 Å². The van der Waals surface area contributed by atoms with Crippen LogP contribution in [0.5, 0.6) is 0 Å². The van der Waals surface area contributed by atoms with Crippen LogP contribution in [-0.2, 0) is 28.4 Å². The van der Waals surface area contributed by atoms with Crippen molar-refractivity contribution in [3.05, 3.63) is 45.4 Å². The molecular formula is C23H26N4O3S2. The van der Waals surface area contributed by atoms with E-state index in [2.05, 4.69) is 15.6 Å². The highest BCUT2D eigenvalue weighted by molar-refractivity contribution is 7.98. The summed E-state index contributed by atoms with van der Waals surface area (Å²) in [7, 11) is 0. The summed E-state index contributed by atoms with van der Waals surface area (Å²) >= 11 is 3.39. The van der Waals surface area contributed by atoms with Crippen LogP contribution in [0.3, 0.4) is 0 Å². The second-order valence-corrected chi connectivity index (χ2v) is 10.5. The Bertz CT molecular complexity index is 1050. The Kier molecular flexibility index (Phi) is 6.30. The van der Waals surface area contributed by atoms with E-state index < -0.39 is 6.04 Å². The molecule has 32 heavy (non-hydrogen) atoms. The van der Waals surface area contributed by atoms with Crippen LogP contribution in [0.1, 0.15) is 58.7 Å². The van der Waals surface area contributed by atoms with Gasteiger partial charge in [0.25, 0.3) is 5.91 Å². The maximum atomic E-state index is 13.0. The largest absolute Gasteiger partial charge is 0.322 e. The van der Waals surface area contributed by atoms with Crippen molar-refractivity contribution in [2.24, 2.45) is 0 Å². The summed E-state index contributed by atoms with van der Waals surface area (Å²) in [5, 5.41) is 5.61. The number of benzene rings is 1. The van der Waals surface area contributed by atoms with Gasteiger partial charge in [-0.3, -0.25) is 24.6 Å². The second-order valence-electron chi connectivity index (χ2n) is 8.54. The zero-order valence-electron chi connectivity index (χ0n) is 17.8. The van der Waals surface area contributed by atoms with Gasteiger partial charge in [0, 0.05) is 35.3 Å². The van der Waals surface area contributed by atoms with Gasteiger partial charge >= 0.3 is 0 Å². The van der Waals surface area contributed by atoms with E-state index >= 15 is 0 Å². The SMILES string of the molecule is O=C1CCC(N2Cc3c(SCc4nc(CN5CCCCC5)cs4)cccc3C2=O)C(=O)N1. The molecule has 5 rings (SSSR count). The number of piperidine rings is 2. The molecule has 168 valence electrons. The number of hydrogen-bond acceptors (Lipinski definition) is 7. The maximum Gasteiger partial charge on any atom is 0.255 e. The molecule has 1 atom stereocenters. The Labute approximate surface area is 195 Å². The van der Waals surface area contributed by atoms with Crippen molar-refractivity contribution in [1.29, 1.82) is 0 Å². The summed E-state index contributed by atoms with van der Waals surface area (Å²) in [6.45, 7) is 3.66. The molecule has 1 aromatic carbocycles. The third kappa shape index (κ3) is 4.46. The second kappa shape index (κ2) is 9.33. The number of carbonyl (C=O) groups is 3. The number of aromatic nitrogens is 1. The van der Waals surface area contributed by atoms with E-state index in [4.69, 9.17) is 4.98 Å². The first-order valence-corrected chi connectivity index (χ1v) is 13.0. The van der Waals surface area contributed by atoms with Crippen LogP contribution < -0.4 is 5.32 Å². The predicted octanol–water partition coefficient (Wildman–Crippen LogP) is 3.18. The zero-order valence-corrected chi connectivity index (χ0v) is 19.5. The van der Waals surface area contributed by atoms with Gasteiger partial charge in [-0.1, -0.05) is 12.5 Å². The smallest absolute Gasteiger partial charge is 0.255 e. The van der Waals surface area contributed by atoms with Crippen LogP contribution in [0.4, 0.5) is 0 Å². The van der Waals surface area contributed by atoms with Gasteiger partial charge in [-0.2, -0.15) is 0 Å². The topological polar surface area (TPSA) is 82.6 Å². The number of nitrogens with one attached hydrogen (secondary N) is 1. The minimum absolute atomic E-state index is 0.130. The van der Waals surface area contributed by atoms with Crippen molar-refractivity contribution in [2.75, 3.05) is 13.1 Å². The van der Waals surface area contributed by atoms with E-state index in [1.807, 2.05) is 18.2 Å². The fourth-order valence-electron chi connectivity index (χ4n) is 4.67. The monoisotopic (exact) mass is 470 g/mol. The fraction of sp³-hybridized carbons (Fsp3) is 0.478. The van der Waals surface area contributed by atoms with Crippen LogP contribution in [0.15, 0.2) is 28.5 Å². The lowest BCUT2D eigenvalue weighted by Gasteiger charge is -2.29. The Morgan fingerprint density at radius 1 is 1.16 bits per heavy atom. The van der Waals surface area contributed by atoms with Crippen LogP contribution in [0, 0.1) is 0 Å². The number of rotatable bonds is 6. The van der Waals surface area contributed by atoms with Crippen molar-refractivity contribution < 1.29 is 14.4 Å². The van der Waals surface area contributed by atoms with Gasteiger partial charge in [-0.05, 0) is 50.0 Å². The molecule has 9 heteroatoms. The standard InChI is InChI=1S/C23H26N4O3S2/c28-20-8-7-18(22(29)25-20)27-12-17-16(23(27)30)5-4-6-19(17)31-14-21-24-15(13-32-21)11-26-9-2-1-3-10-26/h4-6,13,18H,1-3,7-12,14H2,(H,25,28,29). The average molecular weight is 471 g/mol. The predicted molar refractivity (Wildman–Crippen MR) is 123 cm³/mol. The molecule has 2 aromatic rings.